The maximum Gasteiger partial charge on any atom is 0.0372 e. The number of aryl methyl sites for hydroxylation is 1. The molecule has 1 aliphatic carbocycles. The Morgan fingerprint density at radius 1 is 1.45 bits per heavy atom. The minimum absolute atomic E-state index is 0.972. The van der Waals surface area contributed by atoms with E-state index in [0.29, 0.717) is 0 Å². The molecule has 11 heavy (non-hydrogen) atoms. The van der Waals surface area contributed by atoms with Crippen LogP contribution >= 0.6 is 0 Å². The van der Waals surface area contributed by atoms with Gasteiger partial charge in [-0.1, -0.05) is 6.07 Å². The molecule has 0 bridgehead atoms. The second-order valence-corrected chi connectivity index (χ2v) is 3.46. The van der Waals surface area contributed by atoms with Crippen LogP contribution in [0.15, 0.2) is 18.3 Å². The number of hydrogen-bond donors (Lipinski definition) is 0. The van der Waals surface area contributed by atoms with E-state index in [9.17, 15) is 0 Å². The van der Waals surface area contributed by atoms with Gasteiger partial charge in [0.2, 0.25) is 0 Å². The van der Waals surface area contributed by atoms with Gasteiger partial charge in [-0.25, -0.2) is 0 Å². The zero-order valence-corrected chi connectivity index (χ0v) is 6.88. The Kier molecular flexibility index (Phi) is 1.65. The van der Waals surface area contributed by atoms with Crippen molar-refractivity contribution in [3.63, 3.8) is 0 Å². The number of hydrogen-bond acceptors (Lipinski definition) is 1. The van der Waals surface area contributed by atoms with Gasteiger partial charge in [0.25, 0.3) is 0 Å². The Balaban J connectivity index is 2.06. The standard InChI is InChI=1S/C10H13N/c1-8-2-3-10(7-11-8)6-9-4-5-9/h2-3,7,9H,4-6H2,1H3. The van der Waals surface area contributed by atoms with Gasteiger partial charge in [0.1, 0.15) is 0 Å². The first-order valence-electron chi connectivity index (χ1n) is 4.26. The quantitative estimate of drug-likeness (QED) is 0.625. The third-order valence-corrected chi connectivity index (χ3v) is 2.19. The molecule has 1 fully saturated rings. The maximum atomic E-state index is 4.26. The van der Waals surface area contributed by atoms with Gasteiger partial charge in [0, 0.05) is 11.9 Å². The molecule has 1 aromatic heterocycles. The molecule has 58 valence electrons. The fourth-order valence-corrected chi connectivity index (χ4v) is 1.27. The average molecular weight is 147 g/mol. The summed E-state index contributed by atoms with van der Waals surface area (Å²) in [6.45, 7) is 2.03. The molecular weight excluding hydrogens is 134 g/mol. The molecule has 0 radical (unpaired) electrons. The maximum absolute atomic E-state index is 4.26. The number of pyridine rings is 1. The van der Waals surface area contributed by atoms with E-state index in [2.05, 4.69) is 17.1 Å². The lowest BCUT2D eigenvalue weighted by molar-refractivity contribution is 0.826. The van der Waals surface area contributed by atoms with Gasteiger partial charge in [0.15, 0.2) is 0 Å². The normalized spacial score (nSPS) is 16.8. The molecule has 0 amide bonds. The summed E-state index contributed by atoms with van der Waals surface area (Å²) in [5.74, 6) is 0.972. The fourth-order valence-electron chi connectivity index (χ4n) is 1.27. The van der Waals surface area contributed by atoms with Gasteiger partial charge in [-0.2, -0.15) is 0 Å². The number of rotatable bonds is 2. The van der Waals surface area contributed by atoms with Crippen LogP contribution < -0.4 is 0 Å². The molecule has 0 unspecified atom stereocenters. The van der Waals surface area contributed by atoms with Crippen LogP contribution in [0.4, 0.5) is 0 Å². The summed E-state index contributed by atoms with van der Waals surface area (Å²) in [4.78, 5) is 4.26. The molecule has 1 heteroatoms. The highest BCUT2D eigenvalue weighted by molar-refractivity contribution is 5.14. The Hall–Kier alpha value is -0.850. The molecule has 1 saturated carbocycles. The predicted molar refractivity (Wildman–Crippen MR) is 45.4 cm³/mol. The van der Waals surface area contributed by atoms with Gasteiger partial charge < -0.3 is 0 Å². The van der Waals surface area contributed by atoms with E-state index in [-0.39, 0.29) is 0 Å². The molecule has 0 N–H and O–H groups in total. The Morgan fingerprint density at radius 3 is 2.82 bits per heavy atom. The van der Waals surface area contributed by atoms with Gasteiger partial charge in [-0.05, 0) is 43.7 Å². The van der Waals surface area contributed by atoms with Crippen molar-refractivity contribution in [2.75, 3.05) is 0 Å². The molecule has 0 aliphatic heterocycles. The summed E-state index contributed by atoms with van der Waals surface area (Å²) in [6, 6.07) is 4.29. The zero-order valence-electron chi connectivity index (χ0n) is 6.88. The average Bonchev–Trinajstić information content (AvgIpc) is 2.78. The van der Waals surface area contributed by atoms with Gasteiger partial charge in [-0.3, -0.25) is 4.98 Å². The summed E-state index contributed by atoms with van der Waals surface area (Å²) < 4.78 is 0. The lowest BCUT2D eigenvalue weighted by atomic mass is 10.1. The monoisotopic (exact) mass is 147 g/mol. The summed E-state index contributed by atoms with van der Waals surface area (Å²) in [6.07, 6.45) is 6.10. The van der Waals surface area contributed by atoms with Crippen LogP contribution in [-0.2, 0) is 6.42 Å². The van der Waals surface area contributed by atoms with Crippen molar-refractivity contribution < 1.29 is 0 Å². The highest BCUT2D eigenvalue weighted by Crippen LogP contribution is 2.32. The van der Waals surface area contributed by atoms with E-state index < -0.39 is 0 Å². The Labute approximate surface area is 67.5 Å². The van der Waals surface area contributed by atoms with E-state index in [0.717, 1.165) is 11.6 Å². The van der Waals surface area contributed by atoms with Crippen molar-refractivity contribution in [3.05, 3.63) is 29.6 Å². The summed E-state index contributed by atoms with van der Waals surface area (Å²) >= 11 is 0. The van der Waals surface area contributed by atoms with Gasteiger partial charge in [0.05, 0.1) is 0 Å². The first-order chi connectivity index (χ1) is 5.34. The van der Waals surface area contributed by atoms with Crippen molar-refractivity contribution >= 4 is 0 Å². The summed E-state index contributed by atoms with van der Waals surface area (Å²) in [5, 5.41) is 0. The molecule has 0 spiro atoms. The first kappa shape index (κ1) is 6.84. The lowest BCUT2D eigenvalue weighted by Crippen LogP contribution is -1.88. The molecule has 1 heterocycles. The summed E-state index contributed by atoms with van der Waals surface area (Å²) in [5.41, 5.74) is 2.52. The van der Waals surface area contributed by atoms with Crippen molar-refractivity contribution in [2.24, 2.45) is 5.92 Å². The van der Waals surface area contributed by atoms with Crippen LogP contribution in [-0.4, -0.2) is 4.98 Å². The van der Waals surface area contributed by atoms with E-state index in [1.807, 2.05) is 13.1 Å². The number of nitrogens with zero attached hydrogens (tertiary/aromatic N) is 1. The van der Waals surface area contributed by atoms with E-state index >= 15 is 0 Å². The van der Waals surface area contributed by atoms with Gasteiger partial charge >= 0.3 is 0 Å². The molecule has 0 atom stereocenters. The van der Waals surface area contributed by atoms with Crippen LogP contribution in [0.5, 0.6) is 0 Å². The second kappa shape index (κ2) is 2.65. The topological polar surface area (TPSA) is 12.9 Å². The molecule has 1 nitrogen and oxygen atoms in total. The number of aromatic nitrogens is 1. The molecule has 0 saturated heterocycles. The smallest absolute Gasteiger partial charge is 0.0372 e. The highest BCUT2D eigenvalue weighted by Gasteiger charge is 2.21. The van der Waals surface area contributed by atoms with E-state index in [4.69, 9.17) is 0 Å². The SMILES string of the molecule is Cc1ccc(CC2CC2)cn1. The van der Waals surface area contributed by atoms with Crippen molar-refractivity contribution in [3.8, 4) is 0 Å². The minimum Gasteiger partial charge on any atom is -0.261 e. The summed E-state index contributed by atoms with van der Waals surface area (Å²) in [7, 11) is 0. The molecule has 2 rings (SSSR count). The first-order valence-corrected chi connectivity index (χ1v) is 4.26. The fraction of sp³-hybridized carbons (Fsp3) is 0.500. The van der Waals surface area contributed by atoms with Crippen LogP contribution in [0.3, 0.4) is 0 Å². The second-order valence-electron chi connectivity index (χ2n) is 3.46. The largest absolute Gasteiger partial charge is 0.261 e. The lowest BCUT2D eigenvalue weighted by Gasteiger charge is -1.97. The molecule has 1 aliphatic rings. The van der Waals surface area contributed by atoms with Crippen LogP contribution in [0.1, 0.15) is 24.1 Å². The van der Waals surface area contributed by atoms with Crippen molar-refractivity contribution in [1.29, 1.82) is 0 Å². The Bertz CT molecular complexity index is 234. The minimum atomic E-state index is 0.972. The van der Waals surface area contributed by atoms with Crippen molar-refractivity contribution in [1.82, 2.24) is 4.98 Å². The third-order valence-electron chi connectivity index (χ3n) is 2.19. The van der Waals surface area contributed by atoms with Crippen LogP contribution in [0.25, 0.3) is 0 Å². The van der Waals surface area contributed by atoms with Crippen LogP contribution in [0, 0.1) is 12.8 Å². The Morgan fingerprint density at radius 2 is 2.27 bits per heavy atom. The van der Waals surface area contributed by atoms with E-state index in [1.54, 1.807) is 0 Å². The molecule has 1 aromatic rings. The third kappa shape index (κ3) is 1.79. The molecular formula is C10H13N. The van der Waals surface area contributed by atoms with Gasteiger partial charge in [-0.15, -0.1) is 0 Å². The molecule has 0 aromatic carbocycles. The highest BCUT2D eigenvalue weighted by atomic mass is 14.7. The van der Waals surface area contributed by atoms with Crippen LogP contribution in [0.2, 0.25) is 0 Å². The predicted octanol–water partition coefficient (Wildman–Crippen LogP) is 2.34. The van der Waals surface area contributed by atoms with Crippen molar-refractivity contribution in [2.45, 2.75) is 26.2 Å². The zero-order chi connectivity index (χ0) is 7.68. The van der Waals surface area contributed by atoms with E-state index in [1.165, 1.54) is 24.8 Å².